The van der Waals surface area contributed by atoms with Gasteiger partial charge < -0.3 is 4.90 Å². The zero-order chi connectivity index (χ0) is 11.5. The predicted molar refractivity (Wildman–Crippen MR) is 70.7 cm³/mol. The summed E-state index contributed by atoms with van der Waals surface area (Å²) >= 11 is 7.67. The van der Waals surface area contributed by atoms with Crippen molar-refractivity contribution in [1.82, 2.24) is 9.88 Å². The highest BCUT2D eigenvalue weighted by atomic mass is 35.5. The SMILES string of the molecule is Cc1nc(C2CCCN(C)C2)sc1CCCl. The Labute approximate surface area is 107 Å². The molecule has 2 rings (SSSR count). The molecule has 0 aliphatic carbocycles. The minimum Gasteiger partial charge on any atom is -0.306 e. The van der Waals surface area contributed by atoms with Gasteiger partial charge in [-0.25, -0.2) is 4.98 Å². The number of halogens is 1. The van der Waals surface area contributed by atoms with E-state index in [1.54, 1.807) is 0 Å². The monoisotopic (exact) mass is 258 g/mol. The molecule has 1 fully saturated rings. The van der Waals surface area contributed by atoms with Crippen LogP contribution in [0.25, 0.3) is 0 Å². The van der Waals surface area contributed by atoms with E-state index in [2.05, 4.69) is 18.9 Å². The summed E-state index contributed by atoms with van der Waals surface area (Å²) in [5, 5.41) is 1.32. The lowest BCUT2D eigenvalue weighted by Crippen LogP contribution is -2.30. The molecular weight excluding hydrogens is 240 g/mol. The number of nitrogens with zero attached hydrogens (tertiary/aromatic N) is 2. The molecule has 90 valence electrons. The molecule has 1 unspecified atom stereocenters. The van der Waals surface area contributed by atoms with Crippen LogP contribution in [0.3, 0.4) is 0 Å². The van der Waals surface area contributed by atoms with Gasteiger partial charge in [0.2, 0.25) is 0 Å². The van der Waals surface area contributed by atoms with E-state index in [9.17, 15) is 0 Å². The van der Waals surface area contributed by atoms with Crippen molar-refractivity contribution in [3.8, 4) is 0 Å². The van der Waals surface area contributed by atoms with Crippen LogP contribution in [0.4, 0.5) is 0 Å². The van der Waals surface area contributed by atoms with Crippen molar-refractivity contribution in [2.45, 2.75) is 32.1 Å². The molecule has 0 saturated carbocycles. The molecule has 1 aromatic rings. The molecule has 4 heteroatoms. The van der Waals surface area contributed by atoms with Crippen molar-refractivity contribution in [1.29, 1.82) is 0 Å². The van der Waals surface area contributed by atoms with Crippen molar-refractivity contribution in [2.75, 3.05) is 26.0 Å². The van der Waals surface area contributed by atoms with Crippen molar-refractivity contribution in [3.05, 3.63) is 15.6 Å². The normalized spacial score (nSPS) is 22.6. The van der Waals surface area contributed by atoms with Gasteiger partial charge in [-0.15, -0.1) is 22.9 Å². The maximum Gasteiger partial charge on any atom is 0.0974 e. The van der Waals surface area contributed by atoms with E-state index in [-0.39, 0.29) is 0 Å². The minimum absolute atomic E-state index is 0.645. The van der Waals surface area contributed by atoms with E-state index in [1.165, 1.54) is 35.0 Å². The molecule has 1 aliphatic heterocycles. The fourth-order valence-corrected chi connectivity index (χ4v) is 3.80. The number of hydrogen-bond donors (Lipinski definition) is 0. The van der Waals surface area contributed by atoms with Crippen molar-refractivity contribution in [3.63, 3.8) is 0 Å². The van der Waals surface area contributed by atoms with Crippen LogP contribution in [0.15, 0.2) is 0 Å². The van der Waals surface area contributed by atoms with Gasteiger partial charge in [-0.3, -0.25) is 0 Å². The summed E-state index contributed by atoms with van der Waals surface area (Å²) in [4.78, 5) is 8.50. The molecule has 2 heterocycles. The quantitative estimate of drug-likeness (QED) is 0.775. The zero-order valence-corrected chi connectivity index (χ0v) is 11.6. The van der Waals surface area contributed by atoms with Crippen LogP contribution in [0.5, 0.6) is 0 Å². The highest BCUT2D eigenvalue weighted by Crippen LogP contribution is 2.31. The Morgan fingerprint density at radius 1 is 1.56 bits per heavy atom. The summed E-state index contributed by atoms with van der Waals surface area (Å²) < 4.78 is 0. The van der Waals surface area contributed by atoms with Gasteiger partial charge in [0.05, 0.1) is 10.7 Å². The van der Waals surface area contributed by atoms with Gasteiger partial charge in [0.25, 0.3) is 0 Å². The van der Waals surface area contributed by atoms with Crippen LogP contribution >= 0.6 is 22.9 Å². The number of hydrogen-bond acceptors (Lipinski definition) is 3. The molecule has 1 aromatic heterocycles. The Balaban J connectivity index is 2.10. The number of piperidine rings is 1. The fourth-order valence-electron chi connectivity index (χ4n) is 2.31. The molecule has 0 N–H and O–H groups in total. The number of likely N-dealkylation sites (tertiary alicyclic amines) is 1. The number of aromatic nitrogens is 1. The second kappa shape index (κ2) is 5.48. The van der Waals surface area contributed by atoms with E-state index in [0.717, 1.165) is 13.0 Å². The van der Waals surface area contributed by atoms with Gasteiger partial charge >= 0.3 is 0 Å². The molecule has 2 nitrogen and oxygen atoms in total. The number of likely N-dealkylation sites (N-methyl/N-ethyl adjacent to an activating group) is 1. The summed E-state index contributed by atoms with van der Waals surface area (Å²) in [5.41, 5.74) is 1.19. The maximum absolute atomic E-state index is 5.80. The third-order valence-electron chi connectivity index (χ3n) is 3.20. The van der Waals surface area contributed by atoms with Crippen LogP contribution < -0.4 is 0 Å². The highest BCUT2D eigenvalue weighted by molar-refractivity contribution is 7.11. The van der Waals surface area contributed by atoms with Crippen LogP contribution in [-0.2, 0) is 6.42 Å². The molecule has 1 atom stereocenters. The lowest BCUT2D eigenvalue weighted by Gasteiger charge is -2.28. The van der Waals surface area contributed by atoms with Gasteiger partial charge in [-0.1, -0.05) is 0 Å². The Bertz CT molecular complexity index is 351. The number of thiazole rings is 1. The van der Waals surface area contributed by atoms with Crippen LogP contribution in [0.1, 0.15) is 34.3 Å². The predicted octanol–water partition coefficient (Wildman–Crippen LogP) is 3.04. The first-order valence-electron chi connectivity index (χ1n) is 5.91. The Kier molecular flexibility index (Phi) is 4.22. The molecular formula is C12H19ClN2S. The Hall–Kier alpha value is -0.120. The van der Waals surface area contributed by atoms with E-state index in [0.29, 0.717) is 11.8 Å². The fraction of sp³-hybridized carbons (Fsp3) is 0.750. The highest BCUT2D eigenvalue weighted by Gasteiger charge is 2.22. The first kappa shape index (κ1) is 12.3. The molecule has 16 heavy (non-hydrogen) atoms. The van der Waals surface area contributed by atoms with Crippen LogP contribution in [-0.4, -0.2) is 35.9 Å². The third kappa shape index (κ3) is 2.76. The van der Waals surface area contributed by atoms with E-state index in [1.807, 2.05) is 11.3 Å². The van der Waals surface area contributed by atoms with Gasteiger partial charge in [-0.2, -0.15) is 0 Å². The first-order valence-corrected chi connectivity index (χ1v) is 7.26. The van der Waals surface area contributed by atoms with Gasteiger partial charge in [0.15, 0.2) is 0 Å². The molecule has 0 radical (unpaired) electrons. The van der Waals surface area contributed by atoms with E-state index < -0.39 is 0 Å². The largest absolute Gasteiger partial charge is 0.306 e. The lowest BCUT2D eigenvalue weighted by atomic mass is 9.99. The average Bonchev–Trinajstić information content (AvgIpc) is 2.61. The zero-order valence-electron chi connectivity index (χ0n) is 10.0. The summed E-state index contributed by atoms with van der Waals surface area (Å²) in [7, 11) is 2.20. The summed E-state index contributed by atoms with van der Waals surface area (Å²) in [6.07, 6.45) is 3.55. The van der Waals surface area contributed by atoms with Crippen molar-refractivity contribution >= 4 is 22.9 Å². The molecule has 0 bridgehead atoms. The molecule has 0 amide bonds. The molecule has 1 aliphatic rings. The Morgan fingerprint density at radius 2 is 2.38 bits per heavy atom. The van der Waals surface area contributed by atoms with Crippen LogP contribution in [0, 0.1) is 6.92 Å². The minimum atomic E-state index is 0.645. The summed E-state index contributed by atoms with van der Waals surface area (Å²) in [6, 6.07) is 0. The molecule has 0 spiro atoms. The second-order valence-corrected chi connectivity index (χ2v) is 6.09. The topological polar surface area (TPSA) is 16.1 Å². The van der Waals surface area contributed by atoms with Crippen LogP contribution in [0.2, 0.25) is 0 Å². The molecule has 0 aromatic carbocycles. The van der Waals surface area contributed by atoms with Gasteiger partial charge in [0.1, 0.15) is 0 Å². The number of alkyl halides is 1. The maximum atomic E-state index is 5.80. The van der Waals surface area contributed by atoms with Crippen molar-refractivity contribution in [2.24, 2.45) is 0 Å². The standard InChI is InChI=1S/C12H19ClN2S/c1-9-11(5-6-13)16-12(14-9)10-4-3-7-15(2)8-10/h10H,3-8H2,1-2H3. The third-order valence-corrected chi connectivity index (χ3v) is 4.77. The van der Waals surface area contributed by atoms with Gasteiger partial charge in [0, 0.05) is 23.2 Å². The lowest BCUT2D eigenvalue weighted by molar-refractivity contribution is 0.250. The van der Waals surface area contributed by atoms with E-state index >= 15 is 0 Å². The van der Waals surface area contributed by atoms with E-state index in [4.69, 9.17) is 16.6 Å². The molecule has 1 saturated heterocycles. The number of aryl methyl sites for hydroxylation is 2. The van der Waals surface area contributed by atoms with Gasteiger partial charge in [-0.05, 0) is 39.8 Å². The summed E-state index contributed by atoms with van der Waals surface area (Å²) in [5.74, 6) is 1.35. The first-order chi connectivity index (χ1) is 7.70. The van der Waals surface area contributed by atoms with Crippen molar-refractivity contribution < 1.29 is 0 Å². The summed E-state index contributed by atoms with van der Waals surface area (Å²) in [6.45, 7) is 4.50. The number of rotatable bonds is 3. The Morgan fingerprint density at radius 3 is 3.06 bits per heavy atom. The second-order valence-electron chi connectivity index (χ2n) is 4.60. The smallest absolute Gasteiger partial charge is 0.0974 e. The average molecular weight is 259 g/mol.